The molecule has 0 radical (unpaired) electrons. The van der Waals surface area contributed by atoms with Crippen LogP contribution in [0.4, 0.5) is 0 Å². The van der Waals surface area contributed by atoms with Gasteiger partial charge in [0.15, 0.2) is 0 Å². The van der Waals surface area contributed by atoms with E-state index in [4.69, 9.17) is 9.47 Å². The third-order valence-corrected chi connectivity index (χ3v) is 5.95. The van der Waals surface area contributed by atoms with Crippen molar-refractivity contribution in [1.82, 2.24) is 10.2 Å². The van der Waals surface area contributed by atoms with Crippen LogP contribution >= 0.6 is 0 Å². The molecular formula is C24H30N2O3. The summed E-state index contributed by atoms with van der Waals surface area (Å²) in [4.78, 5) is 14.9. The summed E-state index contributed by atoms with van der Waals surface area (Å²) in [6.45, 7) is 5.28. The Balaban J connectivity index is 1.31. The molecule has 0 unspecified atom stereocenters. The Morgan fingerprint density at radius 1 is 1.24 bits per heavy atom. The highest BCUT2D eigenvalue weighted by Crippen LogP contribution is 2.47. The zero-order valence-corrected chi connectivity index (χ0v) is 17.3. The van der Waals surface area contributed by atoms with Crippen LogP contribution in [0, 0.1) is 5.92 Å². The number of ether oxygens (including phenoxy) is 2. The molecule has 2 aromatic rings. The van der Waals surface area contributed by atoms with E-state index in [1.807, 2.05) is 36.4 Å². The summed E-state index contributed by atoms with van der Waals surface area (Å²) in [7, 11) is 1.68. The number of carbonyl (C=O) groups is 1. The van der Waals surface area contributed by atoms with Crippen LogP contribution in [-0.2, 0) is 11.3 Å². The lowest BCUT2D eigenvalue weighted by Gasteiger charge is -2.23. The van der Waals surface area contributed by atoms with Crippen molar-refractivity contribution in [2.75, 3.05) is 26.7 Å². The number of fused-ring (bicyclic) bond motifs is 1. The molecule has 0 saturated heterocycles. The van der Waals surface area contributed by atoms with Gasteiger partial charge >= 0.3 is 0 Å². The molecule has 1 fully saturated rings. The molecule has 5 heteroatoms. The molecule has 1 saturated carbocycles. The number of amides is 1. The first kappa shape index (κ1) is 19.8. The summed E-state index contributed by atoms with van der Waals surface area (Å²) >= 11 is 0. The van der Waals surface area contributed by atoms with E-state index in [9.17, 15) is 4.79 Å². The van der Waals surface area contributed by atoms with Crippen molar-refractivity contribution in [2.45, 2.75) is 38.3 Å². The largest absolute Gasteiger partial charge is 0.497 e. The van der Waals surface area contributed by atoms with Gasteiger partial charge in [-0.2, -0.15) is 0 Å². The molecule has 3 atom stereocenters. The van der Waals surface area contributed by atoms with Crippen LogP contribution < -0.4 is 14.8 Å². The Bertz CT molecular complexity index is 839. The second kappa shape index (κ2) is 8.87. The van der Waals surface area contributed by atoms with Gasteiger partial charge in [0, 0.05) is 37.7 Å². The average molecular weight is 395 g/mol. The fourth-order valence-electron chi connectivity index (χ4n) is 4.14. The maximum absolute atomic E-state index is 12.5. The van der Waals surface area contributed by atoms with Crippen LogP contribution in [0.2, 0.25) is 0 Å². The van der Waals surface area contributed by atoms with Crippen LogP contribution in [0.3, 0.4) is 0 Å². The van der Waals surface area contributed by atoms with Gasteiger partial charge in [0.05, 0.1) is 7.11 Å². The Kier molecular flexibility index (Phi) is 6.05. The molecule has 5 nitrogen and oxygen atoms in total. The number of hydrogen-bond donors (Lipinski definition) is 1. The smallest absolute Gasteiger partial charge is 0.223 e. The van der Waals surface area contributed by atoms with Crippen molar-refractivity contribution in [2.24, 2.45) is 5.92 Å². The first-order valence-electron chi connectivity index (χ1n) is 10.6. The van der Waals surface area contributed by atoms with Gasteiger partial charge in [0.1, 0.15) is 17.6 Å². The molecule has 0 aromatic heterocycles. The molecule has 4 rings (SSSR count). The average Bonchev–Trinajstić information content (AvgIpc) is 3.57. The Morgan fingerprint density at radius 3 is 2.83 bits per heavy atom. The van der Waals surface area contributed by atoms with Gasteiger partial charge in [-0.1, -0.05) is 37.3 Å². The minimum Gasteiger partial charge on any atom is -0.497 e. The second-order valence-electron chi connectivity index (χ2n) is 8.01. The van der Waals surface area contributed by atoms with Gasteiger partial charge in [0.2, 0.25) is 5.91 Å². The number of nitrogens with zero attached hydrogens (tertiary/aromatic N) is 1. The fraction of sp³-hybridized carbons (Fsp3) is 0.458. The first-order valence-corrected chi connectivity index (χ1v) is 10.6. The van der Waals surface area contributed by atoms with E-state index in [1.165, 1.54) is 5.56 Å². The molecular weight excluding hydrogens is 364 g/mol. The normalized spacial score (nSPS) is 23.4. The van der Waals surface area contributed by atoms with Crippen molar-refractivity contribution in [1.29, 1.82) is 0 Å². The van der Waals surface area contributed by atoms with Crippen LogP contribution in [0.15, 0.2) is 48.5 Å². The molecule has 1 amide bonds. The SMILES string of the molecule is CC[C@H]1CN(CCNC(=O)[C@@H]2C[C@H]2c2ccccc2)Cc2cc(OC)ccc2O1. The van der Waals surface area contributed by atoms with Gasteiger partial charge in [0.25, 0.3) is 0 Å². The highest BCUT2D eigenvalue weighted by atomic mass is 16.5. The summed E-state index contributed by atoms with van der Waals surface area (Å²) in [5, 5.41) is 3.15. The fourth-order valence-corrected chi connectivity index (χ4v) is 4.14. The molecule has 2 aliphatic rings. The third kappa shape index (κ3) is 4.73. The number of methoxy groups -OCH3 is 1. The molecule has 0 spiro atoms. The maximum atomic E-state index is 12.5. The maximum Gasteiger partial charge on any atom is 0.223 e. The predicted octanol–water partition coefficient (Wildman–Crippen LogP) is 3.59. The van der Waals surface area contributed by atoms with E-state index < -0.39 is 0 Å². The molecule has 0 bridgehead atoms. The molecule has 154 valence electrons. The summed E-state index contributed by atoms with van der Waals surface area (Å²) in [5.74, 6) is 2.47. The molecule has 1 N–H and O–H groups in total. The standard InChI is InChI=1S/C24H30N2O3/c1-3-19-16-26(15-18-13-20(28-2)9-10-23(18)29-19)12-11-25-24(27)22-14-21(22)17-7-5-4-6-8-17/h4-10,13,19,21-22H,3,11-12,14-16H2,1-2H3,(H,25,27)/t19-,21-,22+/m0/s1. The highest BCUT2D eigenvalue weighted by molar-refractivity contribution is 5.82. The zero-order valence-electron chi connectivity index (χ0n) is 17.3. The lowest BCUT2D eigenvalue weighted by molar-refractivity contribution is -0.122. The topological polar surface area (TPSA) is 50.8 Å². The number of rotatable bonds is 7. The Morgan fingerprint density at radius 2 is 2.07 bits per heavy atom. The molecule has 29 heavy (non-hydrogen) atoms. The van der Waals surface area contributed by atoms with E-state index in [1.54, 1.807) is 7.11 Å². The van der Waals surface area contributed by atoms with Crippen LogP contribution in [0.25, 0.3) is 0 Å². The van der Waals surface area contributed by atoms with Gasteiger partial charge in [-0.05, 0) is 42.5 Å². The van der Waals surface area contributed by atoms with Gasteiger partial charge in [-0.25, -0.2) is 0 Å². The molecule has 2 aromatic carbocycles. The minimum absolute atomic E-state index is 0.123. The van der Waals surface area contributed by atoms with E-state index in [0.717, 1.165) is 49.5 Å². The summed E-state index contributed by atoms with van der Waals surface area (Å²) < 4.78 is 11.6. The quantitative estimate of drug-likeness (QED) is 0.780. The second-order valence-corrected chi connectivity index (χ2v) is 8.01. The monoisotopic (exact) mass is 394 g/mol. The van der Waals surface area contributed by atoms with E-state index in [-0.39, 0.29) is 17.9 Å². The summed E-state index contributed by atoms with van der Waals surface area (Å²) in [5.41, 5.74) is 2.41. The first-order chi connectivity index (χ1) is 14.2. The third-order valence-electron chi connectivity index (χ3n) is 5.95. The number of carbonyl (C=O) groups excluding carboxylic acids is 1. The van der Waals surface area contributed by atoms with Crippen LogP contribution in [-0.4, -0.2) is 43.7 Å². The Labute approximate surface area is 173 Å². The molecule has 1 aliphatic carbocycles. The van der Waals surface area contributed by atoms with Crippen LogP contribution in [0.5, 0.6) is 11.5 Å². The Hall–Kier alpha value is -2.53. The van der Waals surface area contributed by atoms with E-state index in [0.29, 0.717) is 12.5 Å². The number of hydrogen-bond acceptors (Lipinski definition) is 4. The number of benzene rings is 2. The zero-order chi connectivity index (χ0) is 20.2. The number of nitrogens with one attached hydrogen (secondary N) is 1. The van der Waals surface area contributed by atoms with Gasteiger partial charge < -0.3 is 14.8 Å². The summed E-state index contributed by atoms with van der Waals surface area (Å²) in [6.07, 6.45) is 2.07. The van der Waals surface area contributed by atoms with Crippen molar-refractivity contribution in [3.05, 3.63) is 59.7 Å². The van der Waals surface area contributed by atoms with Crippen molar-refractivity contribution in [3.8, 4) is 11.5 Å². The van der Waals surface area contributed by atoms with Gasteiger partial charge in [-0.15, -0.1) is 0 Å². The molecule has 1 heterocycles. The highest BCUT2D eigenvalue weighted by Gasteiger charge is 2.43. The predicted molar refractivity (Wildman–Crippen MR) is 113 cm³/mol. The van der Waals surface area contributed by atoms with E-state index in [2.05, 4.69) is 29.3 Å². The molecule has 1 aliphatic heterocycles. The van der Waals surface area contributed by atoms with Crippen molar-refractivity contribution in [3.63, 3.8) is 0 Å². The van der Waals surface area contributed by atoms with Gasteiger partial charge in [-0.3, -0.25) is 9.69 Å². The van der Waals surface area contributed by atoms with Crippen molar-refractivity contribution < 1.29 is 14.3 Å². The minimum atomic E-state index is 0.123. The van der Waals surface area contributed by atoms with E-state index >= 15 is 0 Å². The summed E-state index contributed by atoms with van der Waals surface area (Å²) in [6, 6.07) is 16.3. The van der Waals surface area contributed by atoms with Crippen LogP contribution in [0.1, 0.15) is 36.8 Å². The van der Waals surface area contributed by atoms with Crippen molar-refractivity contribution >= 4 is 5.91 Å². The lowest BCUT2D eigenvalue weighted by Crippen LogP contribution is -2.39. The lowest BCUT2D eigenvalue weighted by atomic mass is 10.1.